The highest BCUT2D eigenvalue weighted by Gasteiger charge is 2.34. The molecule has 1 aliphatic rings. The van der Waals surface area contributed by atoms with Crippen LogP contribution in [0.2, 0.25) is 0 Å². The van der Waals surface area contributed by atoms with E-state index >= 15 is 0 Å². The molecular weight excluding hydrogens is 434 g/mol. The molecule has 180 valence electrons. The van der Waals surface area contributed by atoms with E-state index in [1.807, 2.05) is 68.1 Å². The fourth-order valence-electron chi connectivity index (χ4n) is 4.05. The molecule has 3 aromatic rings. The van der Waals surface area contributed by atoms with E-state index in [2.05, 4.69) is 10.1 Å². The van der Waals surface area contributed by atoms with Crippen molar-refractivity contribution < 1.29 is 23.5 Å². The fraction of sp³-hybridized carbons (Fsp3) is 0.423. The Kier molecular flexibility index (Phi) is 7.67. The van der Waals surface area contributed by atoms with Crippen LogP contribution in [-0.2, 0) is 11.2 Å². The van der Waals surface area contributed by atoms with Crippen LogP contribution in [0.3, 0.4) is 0 Å². The van der Waals surface area contributed by atoms with E-state index in [0.717, 1.165) is 34.8 Å². The highest BCUT2D eigenvalue weighted by atomic mass is 16.5. The second-order valence-corrected chi connectivity index (χ2v) is 8.05. The number of carbonyl (C=O) groups is 1. The second-order valence-electron chi connectivity index (χ2n) is 8.05. The Bertz CT molecular complexity index is 1100. The number of amides is 1. The molecule has 0 aliphatic carbocycles. The molecule has 0 bridgehead atoms. The third-order valence-corrected chi connectivity index (χ3v) is 5.71. The largest absolute Gasteiger partial charge is 0.494 e. The van der Waals surface area contributed by atoms with Gasteiger partial charge in [-0.15, -0.1) is 0 Å². The van der Waals surface area contributed by atoms with Crippen LogP contribution in [0.4, 0.5) is 0 Å². The summed E-state index contributed by atoms with van der Waals surface area (Å²) in [4.78, 5) is 19.1. The minimum absolute atomic E-state index is 0.0989. The van der Waals surface area contributed by atoms with E-state index in [1.54, 1.807) is 0 Å². The Hall–Kier alpha value is -3.55. The molecule has 0 N–H and O–H groups in total. The maximum atomic E-state index is 12.6. The first-order valence-corrected chi connectivity index (χ1v) is 11.8. The molecule has 4 rings (SSSR count). The summed E-state index contributed by atoms with van der Waals surface area (Å²) >= 11 is 0. The first-order chi connectivity index (χ1) is 16.6. The molecular formula is C26H31N3O5. The maximum Gasteiger partial charge on any atom is 0.232 e. The SMILES string of the molecule is CCOc1ccc(-c2noc(C3CC(=O)N(CCc4ccc(OCC)c(OCC)c4)C3)n2)cc1. The van der Waals surface area contributed by atoms with Crippen LogP contribution in [-0.4, -0.2) is 53.9 Å². The number of hydrogen-bond acceptors (Lipinski definition) is 7. The summed E-state index contributed by atoms with van der Waals surface area (Å²) in [5, 5.41) is 4.12. The fourth-order valence-corrected chi connectivity index (χ4v) is 4.05. The third kappa shape index (κ3) is 5.50. The average molecular weight is 466 g/mol. The van der Waals surface area contributed by atoms with Crippen molar-refractivity contribution in [2.75, 3.05) is 32.9 Å². The Balaban J connectivity index is 1.37. The summed E-state index contributed by atoms with van der Waals surface area (Å²) in [5.74, 6) is 3.29. The standard InChI is InChI=1S/C26H31N3O5/c1-4-31-21-10-8-19(9-11-21)25-27-26(34-28-25)20-16-24(30)29(17-20)14-13-18-7-12-22(32-5-2)23(15-18)33-6-3/h7-12,15,20H,4-6,13-14,16-17H2,1-3H3. The number of hydrogen-bond donors (Lipinski definition) is 0. The zero-order valence-corrected chi connectivity index (χ0v) is 20.0. The molecule has 1 fully saturated rings. The van der Waals surface area contributed by atoms with E-state index in [4.69, 9.17) is 18.7 Å². The third-order valence-electron chi connectivity index (χ3n) is 5.71. The zero-order chi connectivity index (χ0) is 23.9. The molecule has 8 nitrogen and oxygen atoms in total. The van der Waals surface area contributed by atoms with E-state index in [1.165, 1.54) is 0 Å². The van der Waals surface area contributed by atoms with Crippen LogP contribution in [0.25, 0.3) is 11.4 Å². The van der Waals surface area contributed by atoms with Crippen LogP contribution in [0.15, 0.2) is 47.0 Å². The molecule has 1 aromatic heterocycles. The van der Waals surface area contributed by atoms with Gasteiger partial charge in [-0.1, -0.05) is 11.2 Å². The molecule has 1 atom stereocenters. The number of carbonyl (C=O) groups excluding carboxylic acids is 1. The van der Waals surface area contributed by atoms with Gasteiger partial charge >= 0.3 is 0 Å². The van der Waals surface area contributed by atoms with Gasteiger partial charge in [0, 0.05) is 25.1 Å². The maximum absolute atomic E-state index is 12.6. The summed E-state index contributed by atoms with van der Waals surface area (Å²) in [6.45, 7) is 8.80. The number of aromatic nitrogens is 2. The second kappa shape index (κ2) is 11.0. The van der Waals surface area contributed by atoms with Crippen molar-refractivity contribution >= 4 is 5.91 Å². The van der Waals surface area contributed by atoms with Gasteiger partial charge in [-0.2, -0.15) is 4.98 Å². The van der Waals surface area contributed by atoms with Crippen LogP contribution in [0.1, 0.15) is 44.6 Å². The van der Waals surface area contributed by atoms with E-state index in [-0.39, 0.29) is 11.8 Å². The predicted molar refractivity (Wildman–Crippen MR) is 127 cm³/mol. The van der Waals surface area contributed by atoms with E-state index < -0.39 is 0 Å². The highest BCUT2D eigenvalue weighted by Crippen LogP contribution is 2.31. The smallest absolute Gasteiger partial charge is 0.232 e. The first-order valence-electron chi connectivity index (χ1n) is 11.8. The van der Waals surface area contributed by atoms with Crippen molar-refractivity contribution in [2.45, 2.75) is 39.5 Å². The van der Waals surface area contributed by atoms with Crippen molar-refractivity contribution in [3.63, 3.8) is 0 Å². The van der Waals surface area contributed by atoms with E-state index in [9.17, 15) is 4.79 Å². The van der Waals surface area contributed by atoms with Gasteiger partial charge in [0.05, 0.1) is 25.7 Å². The van der Waals surface area contributed by atoms with Crippen LogP contribution in [0, 0.1) is 0 Å². The van der Waals surface area contributed by atoms with Gasteiger partial charge in [-0.3, -0.25) is 4.79 Å². The minimum Gasteiger partial charge on any atom is -0.494 e. The monoisotopic (exact) mass is 465 g/mol. The Morgan fingerprint density at radius 2 is 1.71 bits per heavy atom. The number of nitrogens with zero attached hydrogens (tertiary/aromatic N) is 3. The molecule has 0 radical (unpaired) electrons. The van der Waals surface area contributed by atoms with Crippen molar-refractivity contribution in [3.8, 4) is 28.6 Å². The summed E-state index contributed by atoms with van der Waals surface area (Å²) in [7, 11) is 0. The summed E-state index contributed by atoms with van der Waals surface area (Å²) < 4.78 is 22.3. The lowest BCUT2D eigenvalue weighted by molar-refractivity contribution is -0.127. The number of likely N-dealkylation sites (tertiary alicyclic amines) is 1. The van der Waals surface area contributed by atoms with Crippen molar-refractivity contribution in [3.05, 3.63) is 53.9 Å². The Morgan fingerprint density at radius 3 is 2.44 bits per heavy atom. The number of ether oxygens (including phenoxy) is 3. The quantitative estimate of drug-likeness (QED) is 0.412. The molecule has 1 amide bonds. The number of benzene rings is 2. The Labute approximate surface area is 199 Å². The topological polar surface area (TPSA) is 86.9 Å². The summed E-state index contributed by atoms with van der Waals surface area (Å²) in [6.07, 6.45) is 1.10. The normalized spacial score (nSPS) is 15.6. The zero-order valence-electron chi connectivity index (χ0n) is 20.0. The minimum atomic E-state index is -0.101. The molecule has 1 aliphatic heterocycles. The summed E-state index contributed by atoms with van der Waals surface area (Å²) in [6, 6.07) is 13.5. The molecule has 1 saturated heterocycles. The lowest BCUT2D eigenvalue weighted by Crippen LogP contribution is -2.27. The highest BCUT2D eigenvalue weighted by molar-refractivity contribution is 5.79. The van der Waals surface area contributed by atoms with Gasteiger partial charge in [-0.25, -0.2) is 0 Å². The van der Waals surface area contributed by atoms with Gasteiger partial charge in [0.15, 0.2) is 11.5 Å². The van der Waals surface area contributed by atoms with Gasteiger partial charge < -0.3 is 23.6 Å². The Morgan fingerprint density at radius 1 is 0.971 bits per heavy atom. The molecule has 0 spiro atoms. The van der Waals surface area contributed by atoms with Gasteiger partial charge in [0.2, 0.25) is 17.6 Å². The van der Waals surface area contributed by atoms with Gasteiger partial charge in [-0.05, 0) is 69.2 Å². The lowest BCUT2D eigenvalue weighted by atomic mass is 10.1. The molecule has 8 heteroatoms. The molecule has 34 heavy (non-hydrogen) atoms. The van der Waals surface area contributed by atoms with Crippen LogP contribution >= 0.6 is 0 Å². The van der Waals surface area contributed by atoms with Gasteiger partial charge in [0.25, 0.3) is 0 Å². The lowest BCUT2D eigenvalue weighted by Gasteiger charge is -2.17. The molecule has 2 aromatic carbocycles. The average Bonchev–Trinajstić information content (AvgIpc) is 3.47. The molecule has 2 heterocycles. The van der Waals surface area contributed by atoms with Crippen LogP contribution < -0.4 is 14.2 Å². The van der Waals surface area contributed by atoms with Crippen molar-refractivity contribution in [1.82, 2.24) is 15.0 Å². The molecule has 1 unspecified atom stereocenters. The summed E-state index contributed by atoms with van der Waals surface area (Å²) in [5.41, 5.74) is 1.94. The van der Waals surface area contributed by atoms with Crippen molar-refractivity contribution in [2.24, 2.45) is 0 Å². The predicted octanol–water partition coefficient (Wildman–Crippen LogP) is 4.49. The molecule has 0 saturated carbocycles. The number of rotatable bonds is 11. The van der Waals surface area contributed by atoms with Gasteiger partial charge in [0.1, 0.15) is 5.75 Å². The van der Waals surface area contributed by atoms with Crippen molar-refractivity contribution in [1.29, 1.82) is 0 Å². The van der Waals surface area contributed by atoms with Crippen LogP contribution in [0.5, 0.6) is 17.2 Å². The first kappa shape index (κ1) is 23.6. The van der Waals surface area contributed by atoms with E-state index in [0.29, 0.717) is 51.0 Å².